The first-order chi connectivity index (χ1) is 9.66. The van der Waals surface area contributed by atoms with Gasteiger partial charge in [-0.2, -0.15) is 0 Å². The normalized spacial score (nSPS) is 23.4. The van der Waals surface area contributed by atoms with Crippen LogP contribution in [0.1, 0.15) is 49.7 Å². The van der Waals surface area contributed by atoms with E-state index in [2.05, 4.69) is 30.0 Å². The van der Waals surface area contributed by atoms with Crippen LogP contribution in [0.5, 0.6) is 0 Å². The Morgan fingerprint density at radius 3 is 2.65 bits per heavy atom. The topological polar surface area (TPSA) is 29.3 Å². The summed E-state index contributed by atoms with van der Waals surface area (Å²) >= 11 is 5.27. The first kappa shape index (κ1) is 13.9. The lowest BCUT2D eigenvalue weighted by molar-refractivity contribution is 0.431. The lowest BCUT2D eigenvalue weighted by atomic mass is 9.95. The zero-order valence-corrected chi connectivity index (χ0v) is 13.1. The van der Waals surface area contributed by atoms with Crippen molar-refractivity contribution < 1.29 is 0 Å². The summed E-state index contributed by atoms with van der Waals surface area (Å²) in [6.45, 7) is 3.25. The van der Waals surface area contributed by atoms with E-state index in [0.29, 0.717) is 11.0 Å². The van der Waals surface area contributed by atoms with E-state index in [0.717, 1.165) is 18.0 Å². The third-order valence-electron chi connectivity index (χ3n) is 4.97. The van der Waals surface area contributed by atoms with E-state index in [1.165, 1.54) is 49.8 Å². The highest BCUT2D eigenvalue weighted by molar-refractivity contribution is 7.80. The maximum absolute atomic E-state index is 5.95. The van der Waals surface area contributed by atoms with Gasteiger partial charge in [0.25, 0.3) is 0 Å². The van der Waals surface area contributed by atoms with E-state index in [4.69, 9.17) is 18.0 Å². The molecule has 1 aliphatic carbocycles. The molecule has 2 fully saturated rings. The third-order valence-corrected chi connectivity index (χ3v) is 5.19. The minimum absolute atomic E-state index is 0.528. The predicted molar refractivity (Wildman–Crippen MR) is 89.4 cm³/mol. The van der Waals surface area contributed by atoms with Crippen LogP contribution in [0.4, 0.5) is 5.69 Å². The van der Waals surface area contributed by atoms with E-state index in [-0.39, 0.29) is 0 Å². The van der Waals surface area contributed by atoms with Gasteiger partial charge >= 0.3 is 0 Å². The molecule has 1 saturated heterocycles. The Bertz CT molecular complexity index is 506. The molecule has 20 heavy (non-hydrogen) atoms. The molecule has 1 heterocycles. The summed E-state index contributed by atoms with van der Waals surface area (Å²) in [7, 11) is 0. The van der Waals surface area contributed by atoms with Gasteiger partial charge in [0.05, 0.1) is 0 Å². The number of benzene rings is 1. The van der Waals surface area contributed by atoms with Gasteiger partial charge in [-0.25, -0.2) is 0 Å². The summed E-state index contributed by atoms with van der Waals surface area (Å²) in [6, 6.07) is 7.24. The highest BCUT2D eigenvalue weighted by atomic mass is 32.1. The molecular formula is C17H24N2S. The van der Waals surface area contributed by atoms with Crippen LogP contribution in [0, 0.1) is 12.8 Å². The van der Waals surface area contributed by atoms with E-state index in [1.54, 1.807) is 0 Å². The zero-order chi connectivity index (χ0) is 14.1. The number of thiocarbonyl (C=S) groups is 1. The number of hydrogen-bond donors (Lipinski definition) is 1. The molecule has 1 saturated carbocycles. The van der Waals surface area contributed by atoms with Gasteiger partial charge < -0.3 is 10.6 Å². The number of rotatable bonds is 3. The summed E-state index contributed by atoms with van der Waals surface area (Å²) in [5.41, 5.74) is 9.51. The van der Waals surface area contributed by atoms with Gasteiger partial charge in [-0.3, -0.25) is 0 Å². The standard InChI is InChI=1S/C17H24N2S/c1-12-8-9-16(14(11-12)17(18)20)19-10-4-7-15(19)13-5-2-3-6-13/h8-9,11,13,15H,2-7,10H2,1H3,(H2,18,20). The van der Waals surface area contributed by atoms with Crippen LogP contribution in [0.25, 0.3) is 0 Å². The number of hydrogen-bond acceptors (Lipinski definition) is 2. The minimum atomic E-state index is 0.528. The summed E-state index contributed by atoms with van der Waals surface area (Å²) in [5, 5.41) is 0. The second-order valence-electron chi connectivity index (χ2n) is 6.33. The SMILES string of the molecule is Cc1ccc(N2CCCC2C2CCCC2)c(C(N)=S)c1. The highest BCUT2D eigenvalue weighted by Gasteiger charge is 2.34. The van der Waals surface area contributed by atoms with Crippen LogP contribution < -0.4 is 10.6 Å². The van der Waals surface area contributed by atoms with Crippen molar-refractivity contribution in [1.29, 1.82) is 0 Å². The van der Waals surface area contributed by atoms with Crippen molar-refractivity contribution in [3.63, 3.8) is 0 Å². The summed E-state index contributed by atoms with van der Waals surface area (Å²) in [5.74, 6) is 0.873. The van der Waals surface area contributed by atoms with Crippen molar-refractivity contribution in [2.75, 3.05) is 11.4 Å². The van der Waals surface area contributed by atoms with Gasteiger partial charge in [0, 0.05) is 23.8 Å². The van der Waals surface area contributed by atoms with E-state index < -0.39 is 0 Å². The molecule has 1 aliphatic heterocycles. The van der Waals surface area contributed by atoms with Crippen LogP contribution >= 0.6 is 12.2 Å². The van der Waals surface area contributed by atoms with Crippen molar-refractivity contribution in [3.05, 3.63) is 29.3 Å². The van der Waals surface area contributed by atoms with Crippen LogP contribution in [0.3, 0.4) is 0 Å². The first-order valence-corrected chi connectivity index (χ1v) is 8.25. The molecule has 1 aromatic rings. The van der Waals surface area contributed by atoms with Crippen molar-refractivity contribution >= 4 is 22.9 Å². The monoisotopic (exact) mass is 288 g/mol. The molecule has 0 aromatic heterocycles. The van der Waals surface area contributed by atoms with Gasteiger partial charge in [0.1, 0.15) is 4.99 Å². The molecular weight excluding hydrogens is 264 g/mol. The maximum atomic E-state index is 5.95. The summed E-state index contributed by atoms with van der Waals surface area (Å²) in [6.07, 6.45) is 8.24. The summed E-state index contributed by atoms with van der Waals surface area (Å²) in [4.78, 5) is 3.12. The molecule has 1 aromatic carbocycles. The number of anilines is 1. The van der Waals surface area contributed by atoms with Gasteiger partial charge in [0.15, 0.2) is 0 Å². The van der Waals surface area contributed by atoms with Crippen LogP contribution in [0.15, 0.2) is 18.2 Å². The Morgan fingerprint density at radius 1 is 1.20 bits per heavy atom. The Balaban J connectivity index is 1.92. The Morgan fingerprint density at radius 2 is 1.95 bits per heavy atom. The fraction of sp³-hybridized carbons (Fsp3) is 0.588. The molecule has 1 unspecified atom stereocenters. The molecule has 0 radical (unpaired) electrons. The quantitative estimate of drug-likeness (QED) is 0.858. The Labute approximate surface area is 127 Å². The molecule has 0 amide bonds. The third kappa shape index (κ3) is 2.56. The van der Waals surface area contributed by atoms with Gasteiger partial charge in [-0.15, -0.1) is 0 Å². The van der Waals surface area contributed by atoms with Crippen molar-refractivity contribution in [3.8, 4) is 0 Å². The van der Waals surface area contributed by atoms with Crippen LogP contribution in [-0.2, 0) is 0 Å². The fourth-order valence-corrected chi connectivity index (χ4v) is 4.19. The average Bonchev–Trinajstić information content (AvgIpc) is 3.09. The lowest BCUT2D eigenvalue weighted by Gasteiger charge is -2.32. The molecule has 3 heteroatoms. The minimum Gasteiger partial charge on any atom is -0.389 e. The van der Waals surface area contributed by atoms with E-state index in [9.17, 15) is 0 Å². The van der Waals surface area contributed by atoms with Gasteiger partial charge in [-0.05, 0) is 50.7 Å². The molecule has 0 bridgehead atoms. The van der Waals surface area contributed by atoms with Crippen molar-refractivity contribution in [1.82, 2.24) is 0 Å². The smallest absolute Gasteiger partial charge is 0.106 e. The molecule has 0 spiro atoms. The molecule has 2 aliphatic rings. The second-order valence-corrected chi connectivity index (χ2v) is 6.77. The largest absolute Gasteiger partial charge is 0.389 e. The number of nitrogens with zero attached hydrogens (tertiary/aromatic N) is 1. The molecule has 3 rings (SSSR count). The maximum Gasteiger partial charge on any atom is 0.106 e. The van der Waals surface area contributed by atoms with Crippen LogP contribution in [-0.4, -0.2) is 17.6 Å². The molecule has 108 valence electrons. The molecule has 2 nitrogen and oxygen atoms in total. The molecule has 1 atom stereocenters. The zero-order valence-electron chi connectivity index (χ0n) is 12.3. The van der Waals surface area contributed by atoms with E-state index in [1.807, 2.05) is 0 Å². The number of nitrogens with two attached hydrogens (primary N) is 1. The number of aryl methyl sites for hydroxylation is 1. The van der Waals surface area contributed by atoms with Crippen molar-refractivity contribution in [2.45, 2.75) is 51.5 Å². The van der Waals surface area contributed by atoms with E-state index >= 15 is 0 Å². The average molecular weight is 288 g/mol. The van der Waals surface area contributed by atoms with Crippen molar-refractivity contribution in [2.24, 2.45) is 11.7 Å². The van der Waals surface area contributed by atoms with Gasteiger partial charge in [-0.1, -0.05) is 36.7 Å². The highest BCUT2D eigenvalue weighted by Crippen LogP contribution is 2.38. The fourth-order valence-electron chi connectivity index (χ4n) is 4.02. The van der Waals surface area contributed by atoms with Crippen LogP contribution in [0.2, 0.25) is 0 Å². The summed E-state index contributed by atoms with van der Waals surface area (Å²) < 4.78 is 0. The predicted octanol–water partition coefficient (Wildman–Crippen LogP) is 3.79. The molecule has 2 N–H and O–H groups in total. The Kier molecular flexibility index (Phi) is 3.97. The van der Waals surface area contributed by atoms with Gasteiger partial charge in [0.2, 0.25) is 0 Å². The Hall–Kier alpha value is -1.09. The first-order valence-electron chi connectivity index (χ1n) is 7.84. The second kappa shape index (κ2) is 5.72. The lowest BCUT2D eigenvalue weighted by Crippen LogP contribution is -2.36.